The van der Waals surface area contributed by atoms with E-state index in [9.17, 15) is 12.8 Å². The van der Waals surface area contributed by atoms with Crippen LogP contribution in [0, 0.1) is 5.82 Å². The topological polar surface area (TPSA) is 90.9 Å². The number of nitrogen functional groups attached to an aromatic ring is 1. The van der Waals surface area contributed by atoms with E-state index >= 15 is 0 Å². The van der Waals surface area contributed by atoms with Gasteiger partial charge in [-0.25, -0.2) is 17.5 Å². The SMILES string of the molecule is CC1=C(C)S(=O)(=O)c2cc3c(-n4nc(N)c5cc(F)ccc54)ccnc3cc21. The van der Waals surface area contributed by atoms with Crippen LogP contribution in [0.15, 0.2) is 52.4 Å². The second kappa shape index (κ2) is 5.39. The minimum atomic E-state index is -3.52. The molecule has 2 N–H and O–H groups in total. The average Bonchev–Trinajstić information content (AvgIpc) is 3.08. The van der Waals surface area contributed by atoms with Crippen molar-refractivity contribution in [1.29, 1.82) is 0 Å². The number of allylic oxidation sites excluding steroid dienone is 2. The molecule has 0 bridgehead atoms. The molecular weight excluding hydrogens is 379 g/mol. The molecule has 140 valence electrons. The number of aromatic nitrogens is 3. The molecule has 1 aliphatic rings. The van der Waals surface area contributed by atoms with E-state index in [-0.39, 0.29) is 10.7 Å². The Labute approximate surface area is 160 Å². The van der Waals surface area contributed by atoms with E-state index in [2.05, 4.69) is 10.1 Å². The zero-order chi connectivity index (χ0) is 19.8. The summed E-state index contributed by atoms with van der Waals surface area (Å²) in [6.07, 6.45) is 1.63. The fraction of sp³-hybridized carbons (Fsp3) is 0.100. The van der Waals surface area contributed by atoms with Crippen molar-refractivity contribution in [3.8, 4) is 5.69 Å². The average molecular weight is 394 g/mol. The van der Waals surface area contributed by atoms with Gasteiger partial charge in [0.15, 0.2) is 5.82 Å². The van der Waals surface area contributed by atoms with Crippen LogP contribution < -0.4 is 5.73 Å². The number of nitrogens with zero attached hydrogens (tertiary/aromatic N) is 3. The van der Waals surface area contributed by atoms with E-state index in [1.807, 2.05) is 0 Å². The van der Waals surface area contributed by atoms with Gasteiger partial charge in [0.2, 0.25) is 9.84 Å². The van der Waals surface area contributed by atoms with Gasteiger partial charge in [0.1, 0.15) is 5.82 Å². The molecule has 2 aromatic carbocycles. The number of rotatable bonds is 1. The molecule has 3 heterocycles. The van der Waals surface area contributed by atoms with Crippen molar-refractivity contribution in [3.05, 3.63) is 58.9 Å². The minimum absolute atomic E-state index is 0.196. The first-order valence-corrected chi connectivity index (χ1v) is 10.1. The zero-order valence-electron chi connectivity index (χ0n) is 15.1. The van der Waals surface area contributed by atoms with Crippen molar-refractivity contribution in [2.24, 2.45) is 0 Å². The van der Waals surface area contributed by atoms with Gasteiger partial charge in [-0.15, -0.1) is 5.10 Å². The fourth-order valence-electron chi connectivity index (χ4n) is 3.71. The molecule has 0 fully saturated rings. The quantitative estimate of drug-likeness (QED) is 0.530. The third-order valence-corrected chi connectivity index (χ3v) is 7.37. The molecule has 0 saturated carbocycles. The highest BCUT2D eigenvalue weighted by molar-refractivity contribution is 7.95. The Morgan fingerprint density at radius 1 is 1.07 bits per heavy atom. The van der Waals surface area contributed by atoms with Gasteiger partial charge in [0.25, 0.3) is 0 Å². The second-order valence-electron chi connectivity index (χ2n) is 6.84. The molecule has 6 nitrogen and oxygen atoms in total. The number of pyridine rings is 1. The van der Waals surface area contributed by atoms with Crippen molar-refractivity contribution < 1.29 is 12.8 Å². The van der Waals surface area contributed by atoms with E-state index in [0.717, 1.165) is 5.57 Å². The molecule has 0 radical (unpaired) electrons. The highest BCUT2D eigenvalue weighted by Gasteiger charge is 2.31. The van der Waals surface area contributed by atoms with Crippen LogP contribution in [0.3, 0.4) is 0 Å². The molecule has 28 heavy (non-hydrogen) atoms. The molecule has 0 amide bonds. The Bertz CT molecular complexity index is 1470. The summed E-state index contributed by atoms with van der Waals surface area (Å²) in [5.41, 5.74) is 9.27. The van der Waals surface area contributed by atoms with Gasteiger partial charge in [-0.05, 0) is 61.4 Å². The van der Waals surface area contributed by atoms with Gasteiger partial charge < -0.3 is 5.73 Å². The van der Waals surface area contributed by atoms with Crippen molar-refractivity contribution >= 4 is 43.0 Å². The third-order valence-electron chi connectivity index (χ3n) is 5.34. The number of benzene rings is 2. The summed E-state index contributed by atoms with van der Waals surface area (Å²) in [6, 6.07) is 9.42. The van der Waals surface area contributed by atoms with Crippen molar-refractivity contribution in [2.75, 3.05) is 5.73 Å². The van der Waals surface area contributed by atoms with Crippen LogP contribution in [0.5, 0.6) is 0 Å². The highest BCUT2D eigenvalue weighted by atomic mass is 32.2. The van der Waals surface area contributed by atoms with Crippen LogP contribution in [-0.2, 0) is 9.84 Å². The van der Waals surface area contributed by atoms with Gasteiger partial charge in [0.05, 0.1) is 21.6 Å². The molecule has 0 spiro atoms. The molecule has 1 aliphatic heterocycles. The molecule has 0 saturated heterocycles. The number of hydrogen-bond acceptors (Lipinski definition) is 5. The Balaban J connectivity index is 1.86. The van der Waals surface area contributed by atoms with E-state index < -0.39 is 15.7 Å². The van der Waals surface area contributed by atoms with Gasteiger partial charge in [0, 0.05) is 21.9 Å². The number of halogens is 1. The van der Waals surface area contributed by atoms with Crippen LogP contribution in [-0.4, -0.2) is 23.2 Å². The van der Waals surface area contributed by atoms with Crippen molar-refractivity contribution in [2.45, 2.75) is 18.7 Å². The second-order valence-corrected chi connectivity index (χ2v) is 8.90. The van der Waals surface area contributed by atoms with Gasteiger partial charge >= 0.3 is 0 Å². The number of nitrogens with two attached hydrogens (primary N) is 1. The fourth-order valence-corrected chi connectivity index (χ4v) is 5.33. The van der Waals surface area contributed by atoms with E-state index in [1.165, 1.54) is 12.1 Å². The highest BCUT2D eigenvalue weighted by Crippen LogP contribution is 2.41. The lowest BCUT2D eigenvalue weighted by molar-refractivity contribution is 0.603. The maximum Gasteiger partial charge on any atom is 0.203 e. The van der Waals surface area contributed by atoms with Crippen LogP contribution in [0.1, 0.15) is 19.4 Å². The number of hydrogen-bond donors (Lipinski definition) is 1. The predicted octanol–water partition coefficient (Wildman–Crippen LogP) is 3.83. The first-order chi connectivity index (χ1) is 13.3. The summed E-state index contributed by atoms with van der Waals surface area (Å²) < 4.78 is 40.8. The Kier molecular flexibility index (Phi) is 3.25. The molecule has 2 aromatic heterocycles. The number of anilines is 1. The van der Waals surface area contributed by atoms with Crippen molar-refractivity contribution in [3.63, 3.8) is 0 Å². The maximum atomic E-state index is 13.6. The molecule has 5 rings (SSSR count). The van der Waals surface area contributed by atoms with Crippen molar-refractivity contribution in [1.82, 2.24) is 14.8 Å². The van der Waals surface area contributed by atoms with Gasteiger partial charge in [-0.3, -0.25) is 4.98 Å². The van der Waals surface area contributed by atoms with Crippen LogP contribution in [0.2, 0.25) is 0 Å². The van der Waals surface area contributed by atoms with Gasteiger partial charge in [-0.2, -0.15) is 0 Å². The molecular formula is C20H15FN4O2S. The van der Waals surface area contributed by atoms with Crippen LogP contribution in [0.4, 0.5) is 10.2 Å². The number of sulfone groups is 1. The zero-order valence-corrected chi connectivity index (χ0v) is 15.9. The molecule has 0 unspecified atom stereocenters. The summed E-state index contributed by atoms with van der Waals surface area (Å²) >= 11 is 0. The number of fused-ring (bicyclic) bond motifs is 3. The Morgan fingerprint density at radius 3 is 2.64 bits per heavy atom. The summed E-state index contributed by atoms with van der Waals surface area (Å²) in [7, 11) is -3.52. The molecule has 0 aliphatic carbocycles. The summed E-state index contributed by atoms with van der Waals surface area (Å²) in [4.78, 5) is 5.02. The molecule has 8 heteroatoms. The Morgan fingerprint density at radius 2 is 1.86 bits per heavy atom. The third kappa shape index (κ3) is 2.09. The summed E-state index contributed by atoms with van der Waals surface area (Å²) in [5.74, 6) is -0.208. The van der Waals surface area contributed by atoms with E-state index in [1.54, 1.807) is 49.0 Å². The Hall–Kier alpha value is -3.26. The lowest BCUT2D eigenvalue weighted by Crippen LogP contribution is -2.02. The first kappa shape index (κ1) is 16.9. The standard InChI is InChI=1S/C20H15FN4O2S/c1-10-11(2)28(26,27)19-9-14-16(8-13(10)19)23-6-5-18(14)25-17-4-3-12(21)7-15(17)20(22)24-25/h3-9H,1-2H3,(H2,22,24). The van der Waals surface area contributed by atoms with Gasteiger partial charge in [-0.1, -0.05) is 0 Å². The maximum absolute atomic E-state index is 13.6. The lowest BCUT2D eigenvalue weighted by atomic mass is 10.0. The summed E-state index contributed by atoms with van der Waals surface area (Å²) in [5, 5.41) is 5.47. The largest absolute Gasteiger partial charge is 0.382 e. The molecule has 0 atom stereocenters. The van der Waals surface area contributed by atoms with Crippen LogP contribution in [0.25, 0.3) is 33.1 Å². The van der Waals surface area contributed by atoms with Crippen LogP contribution >= 0.6 is 0 Å². The smallest absolute Gasteiger partial charge is 0.203 e. The first-order valence-electron chi connectivity index (χ1n) is 8.59. The normalized spacial score (nSPS) is 15.5. The van der Waals surface area contributed by atoms with E-state index in [0.29, 0.717) is 38.0 Å². The predicted molar refractivity (Wildman–Crippen MR) is 106 cm³/mol. The van der Waals surface area contributed by atoms with E-state index in [4.69, 9.17) is 5.73 Å². The summed E-state index contributed by atoms with van der Waals surface area (Å²) in [6.45, 7) is 3.41. The molecule has 4 aromatic rings. The minimum Gasteiger partial charge on any atom is -0.382 e. The monoisotopic (exact) mass is 394 g/mol. The lowest BCUT2D eigenvalue weighted by Gasteiger charge is -2.10.